The summed E-state index contributed by atoms with van der Waals surface area (Å²) < 4.78 is 9.93. The van der Waals surface area contributed by atoms with E-state index in [1.54, 1.807) is 0 Å². The van der Waals surface area contributed by atoms with Gasteiger partial charge >= 0.3 is 11.9 Å². The summed E-state index contributed by atoms with van der Waals surface area (Å²) in [4.78, 5) is 22.1. The van der Waals surface area contributed by atoms with Gasteiger partial charge in [-0.3, -0.25) is 0 Å². The average molecular weight is 238 g/mol. The van der Waals surface area contributed by atoms with Crippen LogP contribution in [0.4, 0.5) is 0 Å². The fourth-order valence-corrected chi connectivity index (χ4v) is 1.17. The molecule has 0 spiro atoms. The van der Waals surface area contributed by atoms with Crippen molar-refractivity contribution in [2.75, 3.05) is 19.8 Å². The minimum Gasteiger partial charge on any atom is -0.478 e. The number of ether oxygens (including phenoxy) is 2. The number of carboxylic acids is 1. The highest BCUT2D eigenvalue weighted by atomic mass is 16.6. The second-order valence-electron chi connectivity index (χ2n) is 3.22. The van der Waals surface area contributed by atoms with E-state index in [0.29, 0.717) is 18.8 Å². The van der Waals surface area contributed by atoms with Gasteiger partial charge < -0.3 is 14.6 Å². The summed E-state index contributed by atoms with van der Waals surface area (Å²) in [6, 6.07) is 5.57. The Balaban J connectivity index is 2.49. The average Bonchev–Trinajstić information content (AvgIpc) is 2.34. The van der Waals surface area contributed by atoms with E-state index in [1.165, 1.54) is 24.3 Å². The van der Waals surface area contributed by atoms with Gasteiger partial charge in [0.25, 0.3) is 0 Å². The van der Waals surface area contributed by atoms with Crippen LogP contribution in [-0.2, 0) is 9.47 Å². The predicted molar refractivity (Wildman–Crippen MR) is 60.2 cm³/mol. The number of carbonyl (C=O) groups excluding carboxylic acids is 1. The molecule has 0 atom stereocenters. The number of hydrogen-bond acceptors (Lipinski definition) is 4. The third kappa shape index (κ3) is 4.24. The molecule has 0 saturated heterocycles. The predicted octanol–water partition coefficient (Wildman–Crippen LogP) is 1.58. The Kier molecular flexibility index (Phi) is 5.16. The topological polar surface area (TPSA) is 72.8 Å². The summed E-state index contributed by atoms with van der Waals surface area (Å²) in [6.07, 6.45) is 0. The molecule has 92 valence electrons. The van der Waals surface area contributed by atoms with Crippen LogP contribution in [0.1, 0.15) is 27.6 Å². The molecule has 0 aliphatic rings. The Hall–Kier alpha value is -1.88. The zero-order valence-electron chi connectivity index (χ0n) is 9.51. The van der Waals surface area contributed by atoms with E-state index in [-0.39, 0.29) is 12.2 Å². The standard InChI is InChI=1S/C12H14O5/c1-2-16-7-8-17-12(15)10-5-3-9(4-6-10)11(13)14/h3-6H,2,7-8H2,1H3,(H,13,14). The van der Waals surface area contributed by atoms with Crippen molar-refractivity contribution >= 4 is 11.9 Å². The van der Waals surface area contributed by atoms with Crippen LogP contribution in [0.3, 0.4) is 0 Å². The molecule has 5 heteroatoms. The molecular formula is C12H14O5. The van der Waals surface area contributed by atoms with Gasteiger partial charge in [0.15, 0.2) is 0 Å². The largest absolute Gasteiger partial charge is 0.478 e. The molecule has 17 heavy (non-hydrogen) atoms. The van der Waals surface area contributed by atoms with Gasteiger partial charge in [-0.25, -0.2) is 9.59 Å². The summed E-state index contributed by atoms with van der Waals surface area (Å²) in [5.41, 5.74) is 0.461. The first-order valence-corrected chi connectivity index (χ1v) is 5.23. The number of carboxylic acid groups (broad SMARTS) is 1. The lowest BCUT2D eigenvalue weighted by atomic mass is 10.1. The summed E-state index contributed by atoms with van der Waals surface area (Å²) >= 11 is 0. The van der Waals surface area contributed by atoms with Gasteiger partial charge in [0.1, 0.15) is 6.61 Å². The first kappa shape index (κ1) is 13.2. The van der Waals surface area contributed by atoms with E-state index in [4.69, 9.17) is 14.6 Å². The van der Waals surface area contributed by atoms with Crippen LogP contribution in [0.2, 0.25) is 0 Å². The lowest BCUT2D eigenvalue weighted by Gasteiger charge is -2.04. The molecule has 0 aliphatic heterocycles. The molecule has 0 saturated carbocycles. The molecule has 0 aliphatic carbocycles. The normalized spacial score (nSPS) is 9.94. The Morgan fingerprint density at radius 3 is 2.24 bits per heavy atom. The zero-order chi connectivity index (χ0) is 12.7. The van der Waals surface area contributed by atoms with E-state index in [1.807, 2.05) is 6.92 Å². The second kappa shape index (κ2) is 6.65. The Labute approximate surface area is 99.0 Å². The smallest absolute Gasteiger partial charge is 0.338 e. The van der Waals surface area contributed by atoms with Gasteiger partial charge in [0.2, 0.25) is 0 Å². The SMILES string of the molecule is CCOCCOC(=O)c1ccc(C(=O)O)cc1. The molecule has 5 nitrogen and oxygen atoms in total. The monoisotopic (exact) mass is 238 g/mol. The van der Waals surface area contributed by atoms with Gasteiger partial charge in [0.05, 0.1) is 17.7 Å². The van der Waals surface area contributed by atoms with Crippen molar-refractivity contribution in [3.8, 4) is 0 Å². The van der Waals surface area contributed by atoms with Crippen LogP contribution < -0.4 is 0 Å². The molecule has 0 unspecified atom stereocenters. The van der Waals surface area contributed by atoms with Crippen LogP contribution in [0.25, 0.3) is 0 Å². The number of aromatic carboxylic acids is 1. The molecule has 0 radical (unpaired) electrons. The van der Waals surface area contributed by atoms with E-state index >= 15 is 0 Å². The summed E-state index contributed by atoms with van der Waals surface area (Å²) in [6.45, 7) is 2.97. The minimum absolute atomic E-state index is 0.135. The molecule has 0 aromatic heterocycles. The quantitative estimate of drug-likeness (QED) is 0.601. The Morgan fingerprint density at radius 1 is 1.12 bits per heavy atom. The van der Waals surface area contributed by atoms with E-state index in [0.717, 1.165) is 0 Å². The zero-order valence-corrected chi connectivity index (χ0v) is 9.51. The van der Waals surface area contributed by atoms with Gasteiger partial charge in [0, 0.05) is 6.61 Å². The molecule has 0 fully saturated rings. The first-order chi connectivity index (χ1) is 8.15. The lowest BCUT2D eigenvalue weighted by molar-refractivity contribution is 0.0335. The minimum atomic E-state index is -1.03. The lowest BCUT2D eigenvalue weighted by Crippen LogP contribution is -2.11. The molecule has 0 amide bonds. The van der Waals surface area contributed by atoms with E-state index in [2.05, 4.69) is 0 Å². The molecule has 1 aromatic carbocycles. The van der Waals surface area contributed by atoms with Gasteiger partial charge in [-0.15, -0.1) is 0 Å². The molecule has 1 aromatic rings. The van der Waals surface area contributed by atoms with Crippen LogP contribution >= 0.6 is 0 Å². The van der Waals surface area contributed by atoms with Crippen LogP contribution in [0.5, 0.6) is 0 Å². The number of carbonyl (C=O) groups is 2. The highest BCUT2D eigenvalue weighted by Crippen LogP contribution is 2.06. The number of rotatable bonds is 6. The highest BCUT2D eigenvalue weighted by Gasteiger charge is 2.08. The van der Waals surface area contributed by atoms with Crippen LogP contribution in [0.15, 0.2) is 24.3 Å². The van der Waals surface area contributed by atoms with Crippen molar-refractivity contribution in [2.45, 2.75) is 6.92 Å². The van der Waals surface area contributed by atoms with Gasteiger partial charge in [-0.05, 0) is 31.2 Å². The van der Waals surface area contributed by atoms with Gasteiger partial charge in [-0.2, -0.15) is 0 Å². The molecule has 0 heterocycles. The maximum Gasteiger partial charge on any atom is 0.338 e. The van der Waals surface area contributed by atoms with Crippen molar-refractivity contribution in [3.05, 3.63) is 35.4 Å². The maximum atomic E-state index is 11.5. The van der Waals surface area contributed by atoms with Crippen LogP contribution in [-0.4, -0.2) is 36.9 Å². The first-order valence-electron chi connectivity index (χ1n) is 5.23. The molecule has 1 N–H and O–H groups in total. The summed E-state index contributed by atoms with van der Waals surface area (Å²) in [5.74, 6) is -1.51. The molecule has 1 rings (SSSR count). The van der Waals surface area contributed by atoms with E-state index < -0.39 is 11.9 Å². The molecular weight excluding hydrogens is 224 g/mol. The Morgan fingerprint density at radius 2 is 1.71 bits per heavy atom. The van der Waals surface area contributed by atoms with Crippen LogP contribution in [0, 0.1) is 0 Å². The third-order valence-electron chi connectivity index (χ3n) is 2.03. The van der Waals surface area contributed by atoms with Crippen molar-refractivity contribution in [3.63, 3.8) is 0 Å². The Bertz CT molecular complexity index is 382. The number of hydrogen-bond donors (Lipinski definition) is 1. The van der Waals surface area contributed by atoms with E-state index in [9.17, 15) is 9.59 Å². The fraction of sp³-hybridized carbons (Fsp3) is 0.333. The fourth-order valence-electron chi connectivity index (χ4n) is 1.17. The van der Waals surface area contributed by atoms with Crippen molar-refractivity contribution in [1.29, 1.82) is 0 Å². The molecule has 0 bridgehead atoms. The maximum absolute atomic E-state index is 11.5. The second-order valence-corrected chi connectivity index (χ2v) is 3.22. The summed E-state index contributed by atoms with van der Waals surface area (Å²) in [5, 5.41) is 8.68. The van der Waals surface area contributed by atoms with Crippen molar-refractivity contribution < 1.29 is 24.2 Å². The van der Waals surface area contributed by atoms with Crippen molar-refractivity contribution in [2.24, 2.45) is 0 Å². The third-order valence-corrected chi connectivity index (χ3v) is 2.03. The number of benzene rings is 1. The summed E-state index contributed by atoms with van der Waals surface area (Å²) in [7, 11) is 0. The van der Waals surface area contributed by atoms with Gasteiger partial charge in [-0.1, -0.05) is 0 Å². The number of esters is 1. The van der Waals surface area contributed by atoms with Crippen molar-refractivity contribution in [1.82, 2.24) is 0 Å². The highest BCUT2D eigenvalue weighted by molar-refractivity contribution is 5.92.